The van der Waals surface area contributed by atoms with Gasteiger partial charge in [0.25, 0.3) is 0 Å². The van der Waals surface area contributed by atoms with E-state index >= 15 is 0 Å². The molecule has 73 heavy (non-hydrogen) atoms. The third kappa shape index (κ3) is 7.04. The summed E-state index contributed by atoms with van der Waals surface area (Å²) in [6, 6.07) is 105. The quantitative estimate of drug-likeness (QED) is 0.130. The van der Waals surface area contributed by atoms with Crippen LogP contribution in [0.25, 0.3) is 44.5 Å². The first-order valence-corrected chi connectivity index (χ1v) is 27.7. The maximum absolute atomic E-state index is 2.94. The first kappa shape index (κ1) is 44.4. The van der Waals surface area contributed by atoms with Crippen LogP contribution in [0.2, 0.25) is 0 Å². The summed E-state index contributed by atoms with van der Waals surface area (Å²) in [5.74, 6) is 0. The Morgan fingerprint density at radius 1 is 0.329 bits per heavy atom. The maximum Gasteiger partial charge on any atom is 0.180 e. The maximum atomic E-state index is 2.60. The molecular weight excluding hydrogens is 895 g/mol. The molecule has 1 aliphatic heterocycles. The number of benzene rings is 11. The number of fused-ring (bicyclic) bond motifs is 6. The molecule has 1 heterocycles. The Morgan fingerprint density at radius 3 is 1.44 bits per heavy atom. The van der Waals surface area contributed by atoms with Crippen molar-refractivity contribution in [1.29, 1.82) is 0 Å². The van der Waals surface area contributed by atoms with Crippen molar-refractivity contribution in [1.82, 2.24) is 0 Å². The van der Waals surface area contributed by atoms with Crippen LogP contribution in [0.3, 0.4) is 0 Å². The van der Waals surface area contributed by atoms with Gasteiger partial charge >= 0.3 is 0 Å². The lowest BCUT2D eigenvalue weighted by Crippen LogP contribution is -2.73. The third-order valence-corrected chi connectivity index (χ3v) is 20.6. The molecule has 0 N–H and O–H groups in total. The van der Waals surface area contributed by atoms with E-state index in [1.54, 1.807) is 0 Å². The van der Waals surface area contributed by atoms with Crippen molar-refractivity contribution in [3.63, 3.8) is 0 Å². The number of anilines is 3. The van der Waals surface area contributed by atoms with Gasteiger partial charge in [0.15, 0.2) is 8.07 Å². The summed E-state index contributed by atoms with van der Waals surface area (Å²) in [5, 5.41) is 5.64. The Kier molecular flexibility index (Phi) is 10.7. The number of hydrogen-bond donors (Lipinski definition) is 0. The standard InChI is InChI=1S/C71H55NSi/c1-70(2,3)55-46-57(48-59(47-55)73(58-33-17-8-18-34-58)68-39-23-20-36-62(68)63-37-21-24-40-69(63)73)72(67-44-41-52(50-25-9-4-10-26-50)45-64(67)51-27-11-5-12-28-51)56-42-43-61-60-35-19-22-38-65(60)71(66(61)49-56,53-29-13-6-14-30-53)54-31-15-7-16-32-54/h4-49H,1-3H3. The topological polar surface area (TPSA) is 3.24 Å². The van der Waals surface area contributed by atoms with Gasteiger partial charge < -0.3 is 4.90 Å². The van der Waals surface area contributed by atoms with Crippen LogP contribution in [-0.2, 0) is 10.8 Å². The van der Waals surface area contributed by atoms with Crippen LogP contribution in [0.15, 0.2) is 279 Å². The molecule has 348 valence electrons. The summed E-state index contributed by atoms with van der Waals surface area (Å²) in [6.45, 7) is 7.12. The van der Waals surface area contributed by atoms with E-state index in [1.165, 1.54) is 81.9 Å². The lowest BCUT2D eigenvalue weighted by molar-refractivity contribution is 0.591. The summed E-state index contributed by atoms with van der Waals surface area (Å²) >= 11 is 0. The highest BCUT2D eigenvalue weighted by Crippen LogP contribution is 2.57. The Balaban J connectivity index is 1.16. The van der Waals surface area contributed by atoms with Gasteiger partial charge in [0.1, 0.15) is 0 Å². The summed E-state index contributed by atoms with van der Waals surface area (Å²) in [4.78, 5) is 2.60. The fourth-order valence-electron chi connectivity index (χ4n) is 12.5. The van der Waals surface area contributed by atoms with Crippen molar-refractivity contribution < 1.29 is 0 Å². The van der Waals surface area contributed by atoms with Crippen LogP contribution >= 0.6 is 0 Å². The molecule has 0 amide bonds. The second kappa shape index (κ2) is 17.6. The highest BCUT2D eigenvalue weighted by Gasteiger charge is 2.50. The third-order valence-electron chi connectivity index (χ3n) is 15.8. The van der Waals surface area contributed by atoms with Gasteiger partial charge in [-0.1, -0.05) is 263 Å². The van der Waals surface area contributed by atoms with E-state index in [0.717, 1.165) is 28.2 Å². The highest BCUT2D eigenvalue weighted by atomic mass is 28.3. The monoisotopic (exact) mass is 949 g/mol. The van der Waals surface area contributed by atoms with E-state index in [2.05, 4.69) is 305 Å². The Labute approximate surface area is 431 Å². The summed E-state index contributed by atoms with van der Waals surface area (Å²) in [7, 11) is -2.94. The van der Waals surface area contributed by atoms with E-state index in [-0.39, 0.29) is 5.41 Å². The van der Waals surface area contributed by atoms with Crippen LogP contribution in [-0.4, -0.2) is 8.07 Å². The van der Waals surface area contributed by atoms with Gasteiger partial charge in [-0.2, -0.15) is 0 Å². The zero-order valence-electron chi connectivity index (χ0n) is 41.5. The van der Waals surface area contributed by atoms with Gasteiger partial charge in [0.2, 0.25) is 0 Å². The molecule has 0 bridgehead atoms. The minimum absolute atomic E-state index is 0.185. The van der Waals surface area contributed by atoms with Crippen LogP contribution in [0.4, 0.5) is 17.1 Å². The summed E-state index contributed by atoms with van der Waals surface area (Å²) < 4.78 is 0. The molecule has 0 fully saturated rings. The molecule has 11 aromatic rings. The molecule has 0 unspecified atom stereocenters. The lowest BCUT2D eigenvalue weighted by atomic mass is 9.67. The van der Waals surface area contributed by atoms with Crippen molar-refractivity contribution in [2.75, 3.05) is 4.90 Å². The first-order valence-electron chi connectivity index (χ1n) is 25.7. The van der Waals surface area contributed by atoms with E-state index in [0.29, 0.717) is 0 Å². The highest BCUT2D eigenvalue weighted by molar-refractivity contribution is 7.22. The van der Waals surface area contributed by atoms with Crippen LogP contribution in [0, 0.1) is 0 Å². The zero-order chi connectivity index (χ0) is 49.2. The molecule has 0 atom stereocenters. The molecule has 0 radical (unpaired) electrons. The Hall–Kier alpha value is -8.56. The predicted molar refractivity (Wildman–Crippen MR) is 311 cm³/mol. The fourth-order valence-corrected chi connectivity index (χ4v) is 17.7. The smallest absolute Gasteiger partial charge is 0.180 e. The minimum Gasteiger partial charge on any atom is -0.310 e. The Morgan fingerprint density at radius 2 is 0.836 bits per heavy atom. The van der Waals surface area contributed by atoms with Gasteiger partial charge in [-0.05, 0) is 129 Å². The van der Waals surface area contributed by atoms with Crippen molar-refractivity contribution in [2.45, 2.75) is 31.6 Å². The number of rotatable bonds is 9. The molecule has 0 saturated heterocycles. The van der Waals surface area contributed by atoms with E-state index in [1.807, 2.05) is 0 Å². The molecule has 0 spiro atoms. The normalized spacial score (nSPS) is 13.6. The van der Waals surface area contributed by atoms with Gasteiger partial charge in [-0.25, -0.2) is 0 Å². The molecular formula is C71H55NSi. The molecule has 2 heteroatoms. The average Bonchev–Trinajstić information content (AvgIpc) is 3.93. The van der Waals surface area contributed by atoms with Crippen LogP contribution in [0.1, 0.15) is 48.6 Å². The van der Waals surface area contributed by atoms with E-state index < -0.39 is 13.5 Å². The van der Waals surface area contributed by atoms with Gasteiger partial charge in [-0.3, -0.25) is 0 Å². The summed E-state index contributed by atoms with van der Waals surface area (Å²) in [5.41, 5.74) is 18.9. The van der Waals surface area contributed by atoms with Gasteiger partial charge in [-0.15, -0.1) is 0 Å². The van der Waals surface area contributed by atoms with Crippen molar-refractivity contribution in [2.24, 2.45) is 0 Å². The van der Waals surface area contributed by atoms with Crippen molar-refractivity contribution >= 4 is 45.9 Å². The first-order chi connectivity index (χ1) is 35.8. The Bertz CT molecular complexity index is 3730. The molecule has 1 aliphatic carbocycles. The number of hydrogen-bond acceptors (Lipinski definition) is 1. The SMILES string of the molecule is CC(C)(C)c1cc(N(c2ccc3c(c2)C(c2ccccc2)(c2ccccc2)c2ccccc2-3)c2ccc(-c3ccccc3)cc2-c2ccccc2)cc([Si]2(c3ccccc3)c3ccccc3-c3ccccc32)c1. The fraction of sp³-hybridized carbons (Fsp3) is 0.0704. The second-order valence-electron chi connectivity index (χ2n) is 20.8. The predicted octanol–water partition coefficient (Wildman–Crippen LogP) is 15.5. The molecule has 2 aliphatic rings. The van der Waals surface area contributed by atoms with E-state index in [4.69, 9.17) is 0 Å². The minimum atomic E-state index is -2.94. The van der Waals surface area contributed by atoms with Gasteiger partial charge in [0, 0.05) is 16.9 Å². The largest absolute Gasteiger partial charge is 0.310 e. The van der Waals surface area contributed by atoms with Crippen LogP contribution in [0.5, 0.6) is 0 Å². The van der Waals surface area contributed by atoms with Gasteiger partial charge in [0.05, 0.1) is 11.1 Å². The second-order valence-corrected chi connectivity index (χ2v) is 24.5. The number of nitrogens with zero attached hydrogens (tertiary/aromatic N) is 1. The molecule has 0 aromatic heterocycles. The van der Waals surface area contributed by atoms with Crippen molar-refractivity contribution in [3.8, 4) is 44.5 Å². The molecule has 0 saturated carbocycles. The summed E-state index contributed by atoms with van der Waals surface area (Å²) in [6.07, 6.45) is 0. The average molecular weight is 950 g/mol. The van der Waals surface area contributed by atoms with Crippen molar-refractivity contribution in [3.05, 3.63) is 307 Å². The molecule has 11 aromatic carbocycles. The molecule has 13 rings (SSSR count). The van der Waals surface area contributed by atoms with E-state index in [9.17, 15) is 0 Å². The lowest BCUT2D eigenvalue weighted by Gasteiger charge is -2.37. The van der Waals surface area contributed by atoms with Crippen LogP contribution < -0.4 is 25.6 Å². The molecule has 1 nitrogen and oxygen atoms in total. The zero-order valence-corrected chi connectivity index (χ0v) is 42.5.